The number of likely N-dealkylation sites (N-methyl/N-ethyl adjacent to an activating group) is 1. The Hall–Kier alpha value is -1.30. The minimum atomic E-state index is 0. The van der Waals surface area contributed by atoms with Crippen LogP contribution in [0.15, 0.2) is 48.2 Å². The van der Waals surface area contributed by atoms with E-state index in [0.29, 0.717) is 11.3 Å². The molecule has 0 aromatic heterocycles. The molecule has 0 saturated heterocycles. The van der Waals surface area contributed by atoms with E-state index in [1.165, 1.54) is 0 Å². The number of carbonyl (C=O) groups excluding carboxylic acids is 1. The second kappa shape index (κ2) is 6.58. The summed E-state index contributed by atoms with van der Waals surface area (Å²) in [5.41, 5.74) is 1.39. The average molecular weight is 357 g/mol. The van der Waals surface area contributed by atoms with Gasteiger partial charge in [0, 0.05) is 24.7 Å². The van der Waals surface area contributed by atoms with E-state index in [2.05, 4.69) is 0 Å². The van der Waals surface area contributed by atoms with E-state index in [9.17, 15) is 4.79 Å². The van der Waals surface area contributed by atoms with Crippen LogP contribution in [0.1, 0.15) is 10.4 Å². The van der Waals surface area contributed by atoms with Crippen molar-refractivity contribution in [1.29, 1.82) is 0 Å². The number of carbonyl (C=O) groups is 1. The number of hydrogen-bond acceptors (Lipinski definition) is 3. The topological polar surface area (TPSA) is 29.5 Å². The number of Topliss-reactive ketones (excluding diaryl/α,β-unsaturated/α-hetero) is 1. The lowest BCUT2D eigenvalue weighted by atomic mass is 10.0. The molecule has 0 unspecified atom stereocenters. The number of allylic oxidation sites excluding steroid dienone is 2. The normalized spacial score (nSPS) is 13.7. The zero-order valence-electron chi connectivity index (χ0n) is 10.4. The number of ketones is 1. The van der Waals surface area contributed by atoms with Crippen LogP contribution in [0.3, 0.4) is 0 Å². The fourth-order valence-corrected chi connectivity index (χ4v) is 1.68. The van der Waals surface area contributed by atoms with Gasteiger partial charge in [-0.2, -0.15) is 0 Å². The second-order valence-corrected chi connectivity index (χ2v) is 3.98. The molecule has 0 saturated carbocycles. The van der Waals surface area contributed by atoms with Gasteiger partial charge in [-0.25, -0.2) is 0 Å². The van der Waals surface area contributed by atoms with Crippen LogP contribution in [-0.2, 0) is 0 Å². The minimum absolute atomic E-state index is 0. The van der Waals surface area contributed by atoms with Gasteiger partial charge in [-0.05, 0) is 24.4 Å². The van der Waals surface area contributed by atoms with Crippen LogP contribution in [0.25, 0.3) is 0 Å². The van der Waals surface area contributed by atoms with E-state index in [-0.39, 0.29) is 29.8 Å². The van der Waals surface area contributed by atoms with Crippen molar-refractivity contribution in [2.24, 2.45) is 0 Å². The number of ether oxygens (including phenoxy) is 1. The van der Waals surface area contributed by atoms with Crippen molar-refractivity contribution >= 4 is 29.8 Å². The molecule has 0 spiro atoms. The molecule has 0 radical (unpaired) electrons. The molecular weight excluding hydrogens is 341 g/mol. The Labute approximate surface area is 124 Å². The molecule has 1 aliphatic rings. The maximum absolute atomic E-state index is 12.2. The van der Waals surface area contributed by atoms with E-state index < -0.39 is 0 Å². The van der Waals surface area contributed by atoms with Gasteiger partial charge in [0.1, 0.15) is 5.75 Å². The van der Waals surface area contributed by atoms with Gasteiger partial charge in [0.05, 0.1) is 7.11 Å². The van der Waals surface area contributed by atoms with Crippen LogP contribution in [0.5, 0.6) is 5.75 Å². The zero-order chi connectivity index (χ0) is 12.3. The van der Waals surface area contributed by atoms with Crippen molar-refractivity contribution in [3.63, 3.8) is 0 Å². The Kier molecular flexibility index (Phi) is 5.40. The molecule has 0 bridgehead atoms. The smallest absolute Gasteiger partial charge is 0.192 e. The Bertz CT molecular complexity index is 494. The number of nitrogens with zero attached hydrogens (tertiary/aromatic N) is 1. The molecule has 18 heavy (non-hydrogen) atoms. The molecule has 1 heterocycles. The van der Waals surface area contributed by atoms with Crippen LogP contribution in [0, 0.1) is 0 Å². The summed E-state index contributed by atoms with van der Waals surface area (Å²) in [4.78, 5) is 14.2. The van der Waals surface area contributed by atoms with Crippen LogP contribution in [0.4, 0.5) is 0 Å². The standard InChI is InChI=1S/C14H15NO2.HI/c1-15-8-6-11(7-9-15)14(16)12-4-3-5-13(10-12)17-2;/h3-8,10H,9H2,1-2H3;1H. The van der Waals surface area contributed by atoms with Gasteiger partial charge in [-0.15, -0.1) is 24.0 Å². The first kappa shape index (κ1) is 14.8. The van der Waals surface area contributed by atoms with Crippen molar-refractivity contribution in [2.75, 3.05) is 20.7 Å². The monoisotopic (exact) mass is 357 g/mol. The van der Waals surface area contributed by atoms with Crippen molar-refractivity contribution in [3.05, 3.63) is 53.8 Å². The maximum Gasteiger partial charge on any atom is 0.192 e. The predicted octanol–water partition coefficient (Wildman–Crippen LogP) is 2.88. The highest BCUT2D eigenvalue weighted by molar-refractivity contribution is 14.0. The zero-order valence-corrected chi connectivity index (χ0v) is 12.8. The molecule has 1 aliphatic heterocycles. The van der Waals surface area contributed by atoms with E-state index in [4.69, 9.17) is 4.74 Å². The predicted molar refractivity (Wildman–Crippen MR) is 82.6 cm³/mol. The summed E-state index contributed by atoms with van der Waals surface area (Å²) in [6.07, 6.45) is 5.68. The lowest BCUT2D eigenvalue weighted by Crippen LogP contribution is -2.16. The molecular formula is C14H16INO2. The summed E-state index contributed by atoms with van der Waals surface area (Å²) in [5.74, 6) is 0.738. The van der Waals surface area contributed by atoms with Crippen molar-refractivity contribution in [2.45, 2.75) is 0 Å². The summed E-state index contributed by atoms with van der Waals surface area (Å²) in [7, 11) is 3.57. The lowest BCUT2D eigenvalue weighted by Gasteiger charge is -2.16. The van der Waals surface area contributed by atoms with Crippen LogP contribution < -0.4 is 4.74 Å². The van der Waals surface area contributed by atoms with Gasteiger partial charge in [0.15, 0.2) is 5.78 Å². The molecule has 0 N–H and O–H groups in total. The molecule has 4 heteroatoms. The van der Waals surface area contributed by atoms with Gasteiger partial charge in [-0.3, -0.25) is 4.79 Å². The summed E-state index contributed by atoms with van der Waals surface area (Å²) in [6, 6.07) is 7.22. The Balaban J connectivity index is 0.00000162. The van der Waals surface area contributed by atoms with Crippen LogP contribution >= 0.6 is 24.0 Å². The summed E-state index contributed by atoms with van der Waals surface area (Å²) >= 11 is 0. The third-order valence-corrected chi connectivity index (χ3v) is 2.70. The van der Waals surface area contributed by atoms with E-state index in [1.807, 2.05) is 42.4 Å². The molecule has 3 nitrogen and oxygen atoms in total. The molecule has 0 fully saturated rings. The molecule has 0 aliphatic carbocycles. The van der Waals surface area contributed by atoms with E-state index >= 15 is 0 Å². The average Bonchev–Trinajstić information content (AvgIpc) is 2.39. The third kappa shape index (κ3) is 3.35. The Morgan fingerprint density at radius 1 is 1.39 bits per heavy atom. The lowest BCUT2D eigenvalue weighted by molar-refractivity contribution is 0.103. The highest BCUT2D eigenvalue weighted by Gasteiger charge is 2.12. The first-order valence-corrected chi connectivity index (χ1v) is 5.48. The summed E-state index contributed by atoms with van der Waals surface area (Å²) < 4.78 is 5.11. The van der Waals surface area contributed by atoms with Crippen LogP contribution in [-0.4, -0.2) is 31.4 Å². The number of hydrogen-bond donors (Lipinski definition) is 0. The molecule has 96 valence electrons. The van der Waals surface area contributed by atoms with Gasteiger partial charge < -0.3 is 9.64 Å². The maximum atomic E-state index is 12.2. The molecule has 1 aromatic rings. The van der Waals surface area contributed by atoms with Crippen molar-refractivity contribution in [1.82, 2.24) is 4.90 Å². The van der Waals surface area contributed by atoms with E-state index in [0.717, 1.165) is 12.1 Å². The highest BCUT2D eigenvalue weighted by Crippen LogP contribution is 2.17. The SMILES string of the molecule is COc1cccc(C(=O)C2=CCN(C)C=C2)c1.I. The molecule has 1 aromatic carbocycles. The Morgan fingerprint density at radius 3 is 2.78 bits per heavy atom. The van der Waals surface area contributed by atoms with Gasteiger partial charge in [0.2, 0.25) is 0 Å². The van der Waals surface area contributed by atoms with E-state index in [1.54, 1.807) is 19.2 Å². The first-order chi connectivity index (χ1) is 8.20. The molecule has 0 atom stereocenters. The quantitative estimate of drug-likeness (QED) is 0.616. The largest absolute Gasteiger partial charge is 0.497 e. The summed E-state index contributed by atoms with van der Waals surface area (Å²) in [6.45, 7) is 0.765. The Morgan fingerprint density at radius 2 is 2.17 bits per heavy atom. The molecule has 0 amide bonds. The van der Waals surface area contributed by atoms with Crippen molar-refractivity contribution < 1.29 is 9.53 Å². The van der Waals surface area contributed by atoms with Crippen LogP contribution in [0.2, 0.25) is 0 Å². The molecule has 2 rings (SSSR count). The minimum Gasteiger partial charge on any atom is -0.497 e. The highest BCUT2D eigenvalue weighted by atomic mass is 127. The van der Waals surface area contributed by atoms with Gasteiger partial charge in [-0.1, -0.05) is 18.2 Å². The number of halogens is 1. The fraction of sp³-hybridized carbons (Fsp3) is 0.214. The summed E-state index contributed by atoms with van der Waals surface area (Å²) in [5, 5.41) is 0. The third-order valence-electron chi connectivity index (χ3n) is 2.70. The second-order valence-electron chi connectivity index (χ2n) is 3.98. The number of methoxy groups -OCH3 is 1. The fourth-order valence-electron chi connectivity index (χ4n) is 1.68. The van der Waals surface area contributed by atoms with Gasteiger partial charge in [0.25, 0.3) is 0 Å². The van der Waals surface area contributed by atoms with Crippen molar-refractivity contribution in [3.8, 4) is 5.75 Å². The van der Waals surface area contributed by atoms with Gasteiger partial charge >= 0.3 is 0 Å². The first-order valence-electron chi connectivity index (χ1n) is 5.48. The number of benzene rings is 1. The number of rotatable bonds is 3.